The fourth-order valence-electron chi connectivity index (χ4n) is 4.41. The van der Waals surface area contributed by atoms with Crippen molar-refractivity contribution in [2.24, 2.45) is 0 Å². The zero-order valence-corrected chi connectivity index (χ0v) is 18.6. The van der Waals surface area contributed by atoms with Gasteiger partial charge in [-0.05, 0) is 47.9 Å². The minimum atomic E-state index is -1.01. The number of morpholine rings is 1. The van der Waals surface area contributed by atoms with Crippen molar-refractivity contribution in [3.05, 3.63) is 76.6 Å². The molecule has 8 heteroatoms. The van der Waals surface area contributed by atoms with Crippen LogP contribution in [0.4, 0.5) is 5.69 Å². The Morgan fingerprint density at radius 2 is 1.88 bits per heavy atom. The Morgan fingerprint density at radius 1 is 1.12 bits per heavy atom. The van der Waals surface area contributed by atoms with Crippen LogP contribution in [0, 0.1) is 6.92 Å². The van der Waals surface area contributed by atoms with Crippen LogP contribution < -0.4 is 5.32 Å². The topological polar surface area (TPSA) is 112 Å². The number of nitrogens with zero attached hydrogens (tertiary/aromatic N) is 1. The summed E-state index contributed by atoms with van der Waals surface area (Å²) in [6, 6.07) is 12.1. The first-order chi connectivity index (χ1) is 16.4. The second-order valence-corrected chi connectivity index (χ2v) is 8.27. The zero-order chi connectivity index (χ0) is 23.8. The molecule has 2 amide bonds. The smallest absolute Gasteiger partial charge is 0.335 e. The molecule has 1 saturated heterocycles. The highest BCUT2D eigenvalue weighted by Gasteiger charge is 2.29. The number of aromatic nitrogens is 1. The number of anilines is 1. The van der Waals surface area contributed by atoms with Gasteiger partial charge in [0.15, 0.2) is 0 Å². The van der Waals surface area contributed by atoms with Crippen molar-refractivity contribution in [3.8, 4) is 11.1 Å². The van der Waals surface area contributed by atoms with Gasteiger partial charge in [-0.2, -0.15) is 0 Å². The quantitative estimate of drug-likeness (QED) is 0.518. The second kappa shape index (κ2) is 8.64. The van der Waals surface area contributed by atoms with E-state index in [4.69, 9.17) is 4.74 Å². The van der Waals surface area contributed by atoms with Crippen molar-refractivity contribution in [2.75, 3.05) is 31.6 Å². The number of hydrogen-bond donors (Lipinski definition) is 3. The van der Waals surface area contributed by atoms with Gasteiger partial charge < -0.3 is 25.0 Å². The Kier molecular flexibility index (Phi) is 5.51. The number of hydrogen-bond acceptors (Lipinski definition) is 4. The summed E-state index contributed by atoms with van der Waals surface area (Å²) in [5.74, 6) is -1.34. The number of H-pyrrole nitrogens is 1. The number of carbonyl (C=O) groups is 3. The molecule has 5 rings (SSSR count). The standard InChI is InChI=1S/C26H23N3O5/c1-15-20(25(31)29-8-10-34-11-9-29)14-27-22(15)13-19-23-18(6-3-7-21(23)28-24(19)30)16-4-2-5-17(12-16)26(32)33/h2-7,12-14,27H,8-11H2,1H3,(H,28,30)(H,32,33)/b19-13-. The number of nitrogens with one attached hydrogen (secondary N) is 2. The van der Waals surface area contributed by atoms with Gasteiger partial charge in [0.05, 0.1) is 29.9 Å². The molecule has 8 nitrogen and oxygen atoms in total. The van der Waals surface area contributed by atoms with E-state index in [2.05, 4.69) is 10.3 Å². The van der Waals surface area contributed by atoms with Gasteiger partial charge in [0.1, 0.15) is 0 Å². The number of carbonyl (C=O) groups excluding carboxylic acids is 2. The number of aromatic amines is 1. The molecular formula is C26H23N3O5. The highest BCUT2D eigenvalue weighted by Crippen LogP contribution is 2.40. The van der Waals surface area contributed by atoms with Crippen LogP contribution in [0.25, 0.3) is 22.8 Å². The minimum absolute atomic E-state index is 0.0656. The average Bonchev–Trinajstić information content (AvgIpc) is 3.38. The first-order valence-corrected chi connectivity index (χ1v) is 11.0. The molecule has 2 aromatic carbocycles. The van der Waals surface area contributed by atoms with E-state index in [-0.39, 0.29) is 17.4 Å². The Hall–Kier alpha value is -4.17. The van der Waals surface area contributed by atoms with Crippen LogP contribution in [-0.2, 0) is 9.53 Å². The van der Waals surface area contributed by atoms with Crippen LogP contribution in [0.2, 0.25) is 0 Å². The van der Waals surface area contributed by atoms with E-state index in [1.165, 1.54) is 6.07 Å². The summed E-state index contributed by atoms with van der Waals surface area (Å²) in [6.07, 6.45) is 3.42. The molecule has 172 valence electrons. The molecule has 2 aliphatic heterocycles. The lowest BCUT2D eigenvalue weighted by Crippen LogP contribution is -2.40. The molecule has 3 N–H and O–H groups in total. The SMILES string of the molecule is Cc1c(C(=O)N2CCOCC2)c[nH]c1/C=C1\C(=O)Nc2cccc(-c3cccc(C(=O)O)c3)c21. The van der Waals surface area contributed by atoms with E-state index in [0.29, 0.717) is 59.9 Å². The fourth-order valence-corrected chi connectivity index (χ4v) is 4.41. The van der Waals surface area contributed by atoms with Crippen molar-refractivity contribution in [1.29, 1.82) is 0 Å². The van der Waals surface area contributed by atoms with Crippen molar-refractivity contribution < 1.29 is 24.2 Å². The van der Waals surface area contributed by atoms with Crippen molar-refractivity contribution >= 4 is 35.1 Å². The summed E-state index contributed by atoms with van der Waals surface area (Å²) in [7, 11) is 0. The van der Waals surface area contributed by atoms with E-state index in [9.17, 15) is 19.5 Å². The Bertz CT molecular complexity index is 1350. The third-order valence-electron chi connectivity index (χ3n) is 6.24. The van der Waals surface area contributed by atoms with Gasteiger partial charge in [0.2, 0.25) is 0 Å². The number of amides is 2. The number of ether oxygens (including phenoxy) is 1. The maximum atomic E-state index is 13.0. The molecule has 0 radical (unpaired) electrons. The molecule has 34 heavy (non-hydrogen) atoms. The van der Waals surface area contributed by atoms with Crippen molar-refractivity contribution in [3.63, 3.8) is 0 Å². The van der Waals surface area contributed by atoms with E-state index < -0.39 is 5.97 Å². The number of aromatic carboxylic acids is 1. The lowest BCUT2D eigenvalue weighted by atomic mass is 9.93. The molecule has 3 heterocycles. The van der Waals surface area contributed by atoms with Crippen molar-refractivity contribution in [1.82, 2.24) is 9.88 Å². The Morgan fingerprint density at radius 3 is 2.65 bits per heavy atom. The molecule has 0 bridgehead atoms. The van der Waals surface area contributed by atoms with E-state index in [1.54, 1.807) is 29.3 Å². The van der Waals surface area contributed by atoms with E-state index >= 15 is 0 Å². The Labute approximate surface area is 195 Å². The van der Waals surface area contributed by atoms with Gasteiger partial charge in [-0.1, -0.05) is 24.3 Å². The first-order valence-electron chi connectivity index (χ1n) is 11.0. The van der Waals surface area contributed by atoms with Crippen LogP contribution in [0.5, 0.6) is 0 Å². The summed E-state index contributed by atoms with van der Waals surface area (Å²) in [5, 5.41) is 12.3. The summed E-state index contributed by atoms with van der Waals surface area (Å²) in [4.78, 5) is 42.3. The molecule has 0 unspecified atom stereocenters. The molecule has 2 aliphatic rings. The highest BCUT2D eigenvalue weighted by atomic mass is 16.5. The number of rotatable bonds is 4. The van der Waals surface area contributed by atoms with E-state index in [1.807, 2.05) is 31.2 Å². The summed E-state index contributed by atoms with van der Waals surface area (Å²) < 4.78 is 5.33. The fraction of sp³-hybridized carbons (Fsp3) is 0.192. The molecule has 1 fully saturated rings. The molecule has 3 aromatic rings. The van der Waals surface area contributed by atoms with Crippen LogP contribution in [0.15, 0.2) is 48.7 Å². The molecule has 0 spiro atoms. The largest absolute Gasteiger partial charge is 0.478 e. The third-order valence-corrected chi connectivity index (χ3v) is 6.24. The molecule has 1 aromatic heterocycles. The zero-order valence-electron chi connectivity index (χ0n) is 18.6. The van der Waals surface area contributed by atoms with Gasteiger partial charge >= 0.3 is 5.97 Å². The maximum Gasteiger partial charge on any atom is 0.335 e. The van der Waals surface area contributed by atoms with E-state index in [0.717, 1.165) is 11.1 Å². The molecular weight excluding hydrogens is 434 g/mol. The number of carboxylic acids is 1. The number of carboxylic acid groups (broad SMARTS) is 1. The number of fused-ring (bicyclic) bond motifs is 1. The highest BCUT2D eigenvalue weighted by molar-refractivity contribution is 6.36. The van der Waals surface area contributed by atoms with Gasteiger partial charge in [-0.15, -0.1) is 0 Å². The second-order valence-electron chi connectivity index (χ2n) is 8.27. The van der Waals surface area contributed by atoms with Crippen LogP contribution in [-0.4, -0.2) is 59.1 Å². The van der Waals surface area contributed by atoms with Gasteiger partial charge in [-0.25, -0.2) is 4.79 Å². The van der Waals surface area contributed by atoms with Gasteiger partial charge in [-0.3, -0.25) is 9.59 Å². The number of benzene rings is 2. The molecule has 0 atom stereocenters. The Balaban J connectivity index is 1.55. The summed E-state index contributed by atoms with van der Waals surface area (Å²) in [6.45, 7) is 4.00. The van der Waals surface area contributed by atoms with Crippen LogP contribution in [0.3, 0.4) is 0 Å². The average molecular weight is 457 g/mol. The van der Waals surface area contributed by atoms with Crippen LogP contribution in [0.1, 0.15) is 37.5 Å². The lowest BCUT2D eigenvalue weighted by Gasteiger charge is -2.26. The van der Waals surface area contributed by atoms with Gasteiger partial charge in [0.25, 0.3) is 11.8 Å². The first kappa shape index (κ1) is 21.7. The summed E-state index contributed by atoms with van der Waals surface area (Å²) in [5.41, 5.74) is 5.41. The minimum Gasteiger partial charge on any atom is -0.478 e. The maximum absolute atomic E-state index is 13.0. The predicted molar refractivity (Wildman–Crippen MR) is 128 cm³/mol. The molecule has 0 saturated carbocycles. The lowest BCUT2D eigenvalue weighted by molar-refractivity contribution is -0.110. The molecule has 0 aliphatic carbocycles. The third kappa shape index (κ3) is 3.78. The van der Waals surface area contributed by atoms with Gasteiger partial charge in [0, 0.05) is 36.2 Å². The summed E-state index contributed by atoms with van der Waals surface area (Å²) >= 11 is 0. The predicted octanol–water partition coefficient (Wildman–Crippen LogP) is 3.65. The normalized spacial score (nSPS) is 16.4. The van der Waals surface area contributed by atoms with Crippen LogP contribution >= 0.6 is 0 Å². The van der Waals surface area contributed by atoms with Crippen molar-refractivity contribution in [2.45, 2.75) is 6.92 Å². The monoisotopic (exact) mass is 457 g/mol.